The molecule has 1 N–H and O–H groups in total. The van der Waals surface area contributed by atoms with Crippen LogP contribution in [-0.4, -0.2) is 24.8 Å². The zero-order valence-electron chi connectivity index (χ0n) is 13.6. The van der Waals surface area contributed by atoms with E-state index in [1.165, 1.54) is 38.5 Å². The molecule has 19 heavy (non-hydrogen) atoms. The Morgan fingerprint density at radius 2 is 1.84 bits per heavy atom. The van der Waals surface area contributed by atoms with Gasteiger partial charge in [0, 0.05) is 24.1 Å². The van der Waals surface area contributed by atoms with Crippen LogP contribution in [0.3, 0.4) is 0 Å². The van der Waals surface area contributed by atoms with Crippen LogP contribution in [0.4, 0.5) is 0 Å². The molecule has 0 bridgehead atoms. The van der Waals surface area contributed by atoms with Crippen LogP contribution in [0.2, 0.25) is 0 Å². The summed E-state index contributed by atoms with van der Waals surface area (Å²) in [4.78, 5) is 0. The highest BCUT2D eigenvalue weighted by Crippen LogP contribution is 2.53. The van der Waals surface area contributed by atoms with Crippen molar-refractivity contribution in [2.24, 2.45) is 10.8 Å². The molecule has 2 nitrogen and oxygen atoms in total. The molecule has 0 heterocycles. The molecule has 0 amide bonds. The number of hydrogen-bond acceptors (Lipinski definition) is 2. The molecule has 2 aliphatic rings. The molecule has 2 saturated carbocycles. The van der Waals surface area contributed by atoms with Crippen molar-refractivity contribution in [2.75, 3.05) is 6.61 Å². The van der Waals surface area contributed by atoms with Crippen molar-refractivity contribution in [2.45, 2.75) is 91.3 Å². The van der Waals surface area contributed by atoms with E-state index in [1.54, 1.807) is 0 Å². The van der Waals surface area contributed by atoms with Gasteiger partial charge in [0.15, 0.2) is 0 Å². The van der Waals surface area contributed by atoms with E-state index in [1.807, 2.05) is 0 Å². The van der Waals surface area contributed by atoms with E-state index in [4.69, 9.17) is 4.74 Å². The maximum Gasteiger partial charge on any atom is 0.0661 e. The number of rotatable bonds is 4. The fraction of sp³-hybridized carbons (Fsp3) is 1.00. The Balaban J connectivity index is 2.01. The molecule has 2 heteroatoms. The first-order valence-electron chi connectivity index (χ1n) is 8.28. The Kier molecular flexibility index (Phi) is 4.62. The molecule has 0 aromatic rings. The van der Waals surface area contributed by atoms with Gasteiger partial charge in [0.2, 0.25) is 0 Å². The average Bonchev–Trinajstić information content (AvgIpc) is 2.37. The van der Waals surface area contributed by atoms with Gasteiger partial charge in [-0.1, -0.05) is 40.0 Å². The third kappa shape index (κ3) is 3.00. The van der Waals surface area contributed by atoms with Crippen molar-refractivity contribution in [3.63, 3.8) is 0 Å². The van der Waals surface area contributed by atoms with Gasteiger partial charge in [-0.15, -0.1) is 0 Å². The van der Waals surface area contributed by atoms with Crippen LogP contribution in [0.1, 0.15) is 73.1 Å². The van der Waals surface area contributed by atoms with Crippen molar-refractivity contribution in [1.29, 1.82) is 0 Å². The maximum atomic E-state index is 6.03. The van der Waals surface area contributed by atoms with Crippen LogP contribution in [0.25, 0.3) is 0 Å². The van der Waals surface area contributed by atoms with Crippen LogP contribution in [0.15, 0.2) is 0 Å². The third-order valence-corrected chi connectivity index (χ3v) is 5.69. The first-order valence-corrected chi connectivity index (χ1v) is 8.28. The van der Waals surface area contributed by atoms with Crippen LogP contribution in [0, 0.1) is 10.8 Å². The lowest BCUT2D eigenvalue weighted by molar-refractivity contribution is -0.153. The second-order valence-electron chi connectivity index (χ2n) is 7.78. The highest BCUT2D eigenvalue weighted by Gasteiger charge is 2.55. The summed E-state index contributed by atoms with van der Waals surface area (Å²) >= 11 is 0. The molecule has 0 radical (unpaired) electrons. The lowest BCUT2D eigenvalue weighted by Crippen LogP contribution is -2.66. The Labute approximate surface area is 119 Å². The molecule has 2 fully saturated rings. The van der Waals surface area contributed by atoms with E-state index < -0.39 is 0 Å². The zero-order chi connectivity index (χ0) is 14.1. The largest absolute Gasteiger partial charge is 0.378 e. The fourth-order valence-corrected chi connectivity index (χ4v) is 3.85. The standard InChI is InChI=1S/C17H33NO/c1-6-19-15-12-14(18-13(2)16(3,4)5)17(15)10-8-7-9-11-17/h13-15,18H,6-12H2,1-5H3. The second kappa shape index (κ2) is 5.73. The van der Waals surface area contributed by atoms with Crippen molar-refractivity contribution >= 4 is 0 Å². The molecule has 0 saturated heterocycles. The minimum atomic E-state index is 0.340. The number of hydrogen-bond donors (Lipinski definition) is 1. The summed E-state index contributed by atoms with van der Waals surface area (Å²) in [5, 5.41) is 3.93. The van der Waals surface area contributed by atoms with Crippen LogP contribution in [0.5, 0.6) is 0 Å². The van der Waals surface area contributed by atoms with Gasteiger partial charge in [-0.05, 0) is 38.5 Å². The normalized spacial score (nSPS) is 32.1. The molecule has 3 atom stereocenters. The molecule has 2 aliphatic carbocycles. The smallest absolute Gasteiger partial charge is 0.0661 e. The third-order valence-electron chi connectivity index (χ3n) is 5.69. The molecule has 1 spiro atoms. The van der Waals surface area contributed by atoms with Gasteiger partial charge in [0.1, 0.15) is 0 Å². The van der Waals surface area contributed by atoms with Gasteiger partial charge < -0.3 is 10.1 Å². The lowest BCUT2D eigenvalue weighted by Gasteiger charge is -2.59. The highest BCUT2D eigenvalue weighted by molar-refractivity contribution is 5.09. The van der Waals surface area contributed by atoms with Gasteiger partial charge in [-0.25, -0.2) is 0 Å². The molecule has 0 aromatic carbocycles. The van der Waals surface area contributed by atoms with Gasteiger partial charge in [-0.2, -0.15) is 0 Å². The van der Waals surface area contributed by atoms with Crippen molar-refractivity contribution in [3.8, 4) is 0 Å². The first kappa shape index (κ1) is 15.3. The van der Waals surface area contributed by atoms with Gasteiger partial charge in [-0.3, -0.25) is 0 Å². The monoisotopic (exact) mass is 267 g/mol. The average molecular weight is 267 g/mol. The molecule has 0 aliphatic heterocycles. The van der Waals surface area contributed by atoms with E-state index in [9.17, 15) is 0 Å². The fourth-order valence-electron chi connectivity index (χ4n) is 3.85. The summed E-state index contributed by atoms with van der Waals surface area (Å²) in [7, 11) is 0. The quantitative estimate of drug-likeness (QED) is 0.826. The van der Waals surface area contributed by atoms with Crippen LogP contribution >= 0.6 is 0 Å². The number of ether oxygens (including phenoxy) is 1. The Bertz CT molecular complexity index is 288. The first-order chi connectivity index (χ1) is 8.90. The summed E-state index contributed by atoms with van der Waals surface area (Å²) in [5.41, 5.74) is 0.792. The SMILES string of the molecule is CCOC1CC(NC(C)C(C)(C)C)C12CCCCC2. The summed E-state index contributed by atoms with van der Waals surface area (Å²) in [5.74, 6) is 0. The van der Waals surface area contributed by atoms with Crippen LogP contribution in [-0.2, 0) is 4.74 Å². The lowest BCUT2D eigenvalue weighted by atomic mass is 9.55. The minimum absolute atomic E-state index is 0.340. The molecular weight excluding hydrogens is 234 g/mol. The topological polar surface area (TPSA) is 21.3 Å². The van der Waals surface area contributed by atoms with E-state index in [0.29, 0.717) is 29.0 Å². The summed E-state index contributed by atoms with van der Waals surface area (Å²) < 4.78 is 6.03. The second-order valence-corrected chi connectivity index (χ2v) is 7.78. The van der Waals surface area contributed by atoms with Crippen molar-refractivity contribution in [1.82, 2.24) is 5.32 Å². The Hall–Kier alpha value is -0.0800. The van der Waals surface area contributed by atoms with Crippen molar-refractivity contribution < 1.29 is 4.74 Å². The summed E-state index contributed by atoms with van der Waals surface area (Å²) in [6.07, 6.45) is 8.68. The molecule has 3 unspecified atom stereocenters. The number of nitrogens with one attached hydrogen (secondary N) is 1. The Morgan fingerprint density at radius 3 is 2.37 bits per heavy atom. The summed E-state index contributed by atoms with van der Waals surface area (Å²) in [6.45, 7) is 12.3. The van der Waals surface area contributed by atoms with Gasteiger partial charge in [0.25, 0.3) is 0 Å². The molecular formula is C17H33NO. The van der Waals surface area contributed by atoms with Crippen molar-refractivity contribution in [3.05, 3.63) is 0 Å². The highest BCUT2D eigenvalue weighted by atomic mass is 16.5. The van der Waals surface area contributed by atoms with E-state index in [-0.39, 0.29) is 0 Å². The van der Waals surface area contributed by atoms with Gasteiger partial charge in [0.05, 0.1) is 6.10 Å². The molecule has 0 aromatic heterocycles. The predicted molar refractivity (Wildman–Crippen MR) is 81.4 cm³/mol. The molecule has 2 rings (SSSR count). The minimum Gasteiger partial charge on any atom is -0.378 e. The van der Waals surface area contributed by atoms with E-state index in [2.05, 4.69) is 39.9 Å². The van der Waals surface area contributed by atoms with Gasteiger partial charge >= 0.3 is 0 Å². The predicted octanol–water partition coefficient (Wildman–Crippen LogP) is 4.14. The van der Waals surface area contributed by atoms with E-state index in [0.717, 1.165) is 6.61 Å². The van der Waals surface area contributed by atoms with Crippen LogP contribution < -0.4 is 5.32 Å². The maximum absolute atomic E-state index is 6.03. The summed E-state index contributed by atoms with van der Waals surface area (Å²) in [6, 6.07) is 1.25. The Morgan fingerprint density at radius 1 is 1.21 bits per heavy atom. The molecule has 112 valence electrons. The van der Waals surface area contributed by atoms with E-state index >= 15 is 0 Å². The zero-order valence-corrected chi connectivity index (χ0v) is 13.6.